The molecule has 0 unspecified atom stereocenters. The van der Waals surface area contributed by atoms with Crippen LogP contribution in [-0.4, -0.2) is 19.2 Å². The molecular weight excluding hydrogens is 371 g/mol. The molecule has 0 fully saturated rings. The number of benzene rings is 3. The second-order valence-corrected chi connectivity index (χ2v) is 6.26. The fourth-order valence-electron chi connectivity index (χ4n) is 2.51. The Morgan fingerprint density at radius 1 is 0.769 bits per heavy atom. The zero-order valence-corrected chi connectivity index (χ0v) is 15.3. The maximum atomic E-state index is 12.5. The molecule has 0 aliphatic carbocycles. The lowest BCUT2D eigenvalue weighted by Crippen LogP contribution is -2.13. The van der Waals surface area contributed by atoms with Crippen molar-refractivity contribution < 1.29 is 14.3 Å². The number of hydrogen-bond acceptors (Lipinski definition) is 3. The summed E-state index contributed by atoms with van der Waals surface area (Å²) >= 11 is 12.1. The van der Waals surface area contributed by atoms with Gasteiger partial charge in [-0.15, -0.1) is 0 Å². The van der Waals surface area contributed by atoms with E-state index in [1.807, 2.05) is 48.5 Å². The van der Waals surface area contributed by atoms with Gasteiger partial charge in [-0.2, -0.15) is 0 Å². The summed E-state index contributed by atoms with van der Waals surface area (Å²) in [7, 11) is 0. The van der Waals surface area contributed by atoms with E-state index in [0.29, 0.717) is 21.4 Å². The normalized spacial score (nSPS) is 10.4. The minimum atomic E-state index is -0.404. The van der Waals surface area contributed by atoms with Crippen LogP contribution in [0.3, 0.4) is 0 Å². The molecule has 0 bridgehead atoms. The number of carbonyl (C=O) groups is 1. The molecule has 3 aromatic rings. The van der Waals surface area contributed by atoms with Crippen molar-refractivity contribution in [2.24, 2.45) is 0 Å². The molecule has 0 saturated heterocycles. The molecule has 5 heteroatoms. The summed E-state index contributed by atoms with van der Waals surface area (Å²) in [5.74, 6) is -0.0186. The Bertz CT molecular complexity index is 875. The molecule has 0 aliphatic rings. The van der Waals surface area contributed by atoms with Gasteiger partial charge in [-0.3, -0.25) is 0 Å². The fraction of sp³-hybridized carbons (Fsp3) is 0.0952. The molecule has 0 saturated carbocycles. The number of ether oxygens (including phenoxy) is 2. The first-order valence-electron chi connectivity index (χ1n) is 8.05. The van der Waals surface area contributed by atoms with Crippen molar-refractivity contribution in [3.05, 3.63) is 88.4 Å². The highest BCUT2D eigenvalue weighted by atomic mass is 35.5. The van der Waals surface area contributed by atoms with Gasteiger partial charge in [-0.05, 0) is 29.3 Å². The molecule has 0 spiro atoms. The molecule has 0 atom stereocenters. The summed E-state index contributed by atoms with van der Waals surface area (Å²) in [4.78, 5) is 12.5. The smallest absolute Gasteiger partial charge is 0.338 e. The number of rotatable bonds is 6. The molecule has 3 rings (SSSR count). The van der Waals surface area contributed by atoms with Crippen LogP contribution in [0, 0.1) is 0 Å². The van der Waals surface area contributed by atoms with E-state index in [0.717, 1.165) is 11.1 Å². The number of carbonyl (C=O) groups excluding carboxylic acids is 1. The van der Waals surface area contributed by atoms with Gasteiger partial charge in [0.15, 0.2) is 5.75 Å². The van der Waals surface area contributed by atoms with Gasteiger partial charge in [0, 0.05) is 0 Å². The van der Waals surface area contributed by atoms with Crippen LogP contribution in [0.2, 0.25) is 10.0 Å². The van der Waals surface area contributed by atoms with Gasteiger partial charge < -0.3 is 9.47 Å². The van der Waals surface area contributed by atoms with Crippen molar-refractivity contribution in [1.82, 2.24) is 0 Å². The van der Waals surface area contributed by atoms with Crippen molar-refractivity contribution in [3.63, 3.8) is 0 Å². The van der Waals surface area contributed by atoms with Crippen molar-refractivity contribution in [3.8, 4) is 16.9 Å². The van der Waals surface area contributed by atoms with Crippen LogP contribution in [0.1, 0.15) is 10.4 Å². The molecule has 0 radical (unpaired) electrons. The van der Waals surface area contributed by atoms with Crippen LogP contribution in [0.25, 0.3) is 11.1 Å². The van der Waals surface area contributed by atoms with E-state index in [-0.39, 0.29) is 13.2 Å². The average molecular weight is 387 g/mol. The average Bonchev–Trinajstić information content (AvgIpc) is 2.67. The van der Waals surface area contributed by atoms with E-state index in [1.165, 1.54) is 0 Å². The quantitative estimate of drug-likeness (QED) is 0.390. The highest BCUT2D eigenvalue weighted by Crippen LogP contribution is 2.32. The van der Waals surface area contributed by atoms with Crippen LogP contribution in [0.4, 0.5) is 0 Å². The summed E-state index contributed by atoms with van der Waals surface area (Å²) < 4.78 is 10.9. The third kappa shape index (κ3) is 4.37. The van der Waals surface area contributed by atoms with Gasteiger partial charge in [-0.1, -0.05) is 77.8 Å². The first-order valence-corrected chi connectivity index (χ1v) is 8.81. The van der Waals surface area contributed by atoms with E-state index in [9.17, 15) is 4.79 Å². The summed E-state index contributed by atoms with van der Waals surface area (Å²) in [6.45, 7) is 0.242. The van der Waals surface area contributed by atoms with Gasteiger partial charge in [0.2, 0.25) is 0 Å². The summed E-state index contributed by atoms with van der Waals surface area (Å²) in [6, 6.07) is 22.1. The highest BCUT2D eigenvalue weighted by molar-refractivity contribution is 6.37. The second-order valence-electron chi connectivity index (χ2n) is 5.45. The largest absolute Gasteiger partial charge is 0.487 e. The summed E-state index contributed by atoms with van der Waals surface area (Å²) in [5, 5.41) is 0.830. The Kier molecular flexibility index (Phi) is 6.16. The van der Waals surface area contributed by atoms with Crippen LogP contribution < -0.4 is 4.74 Å². The Hall–Kier alpha value is -2.49. The van der Waals surface area contributed by atoms with E-state index < -0.39 is 5.97 Å². The molecule has 3 aromatic carbocycles. The van der Waals surface area contributed by atoms with Gasteiger partial charge in [0.05, 0.1) is 15.6 Å². The van der Waals surface area contributed by atoms with E-state index in [1.54, 1.807) is 24.3 Å². The zero-order valence-electron chi connectivity index (χ0n) is 13.8. The molecule has 0 aliphatic heterocycles. The topological polar surface area (TPSA) is 35.5 Å². The first-order chi connectivity index (χ1) is 12.7. The Morgan fingerprint density at radius 2 is 1.42 bits per heavy atom. The lowest BCUT2D eigenvalue weighted by Gasteiger charge is -2.12. The molecule has 132 valence electrons. The predicted molar refractivity (Wildman–Crippen MR) is 104 cm³/mol. The Labute approximate surface area is 162 Å². The van der Waals surface area contributed by atoms with Crippen LogP contribution >= 0.6 is 23.2 Å². The van der Waals surface area contributed by atoms with Crippen LogP contribution in [0.5, 0.6) is 5.75 Å². The maximum Gasteiger partial charge on any atom is 0.338 e. The lowest BCUT2D eigenvalue weighted by atomic mass is 10.00. The molecule has 0 aromatic heterocycles. The zero-order chi connectivity index (χ0) is 18.4. The number of esters is 1. The third-order valence-electron chi connectivity index (χ3n) is 3.71. The molecule has 0 amide bonds. The number of halogens is 2. The molecule has 3 nitrogen and oxygen atoms in total. The van der Waals surface area contributed by atoms with Crippen LogP contribution in [-0.2, 0) is 4.74 Å². The summed E-state index contributed by atoms with van der Waals surface area (Å²) in [6.07, 6.45) is 0. The minimum Gasteiger partial charge on any atom is -0.487 e. The lowest BCUT2D eigenvalue weighted by molar-refractivity contribution is 0.0451. The fourth-order valence-corrected chi connectivity index (χ4v) is 3.01. The summed E-state index contributed by atoms with van der Waals surface area (Å²) in [5.41, 5.74) is 2.29. The van der Waals surface area contributed by atoms with Crippen molar-refractivity contribution in [2.45, 2.75) is 0 Å². The Morgan fingerprint density at radius 3 is 2.15 bits per heavy atom. The minimum absolute atomic E-state index is 0.0868. The van der Waals surface area contributed by atoms with Gasteiger partial charge in [0.1, 0.15) is 13.2 Å². The van der Waals surface area contributed by atoms with Crippen LogP contribution in [0.15, 0.2) is 72.8 Å². The van der Waals surface area contributed by atoms with E-state index in [4.69, 9.17) is 32.7 Å². The molecule has 26 heavy (non-hydrogen) atoms. The molecule has 0 heterocycles. The van der Waals surface area contributed by atoms with Crippen molar-refractivity contribution >= 4 is 29.2 Å². The monoisotopic (exact) mass is 386 g/mol. The molecule has 0 N–H and O–H groups in total. The van der Waals surface area contributed by atoms with Crippen molar-refractivity contribution in [2.75, 3.05) is 13.2 Å². The highest BCUT2D eigenvalue weighted by Gasteiger charge is 2.14. The maximum absolute atomic E-state index is 12.5. The standard InChI is InChI=1S/C21H16Cl2O3/c22-18-11-6-12-19(23)20(18)25-13-14-26-21(24)17-10-5-4-9-16(17)15-7-2-1-3-8-15/h1-12H,13-14H2. The first kappa shape index (κ1) is 18.3. The van der Waals surface area contributed by atoms with Gasteiger partial charge >= 0.3 is 5.97 Å². The SMILES string of the molecule is O=C(OCCOc1c(Cl)cccc1Cl)c1ccccc1-c1ccccc1. The third-order valence-corrected chi connectivity index (χ3v) is 4.31. The molecular formula is C21H16Cl2O3. The number of para-hydroxylation sites is 1. The van der Waals surface area contributed by atoms with Gasteiger partial charge in [-0.25, -0.2) is 4.79 Å². The van der Waals surface area contributed by atoms with E-state index >= 15 is 0 Å². The number of hydrogen-bond donors (Lipinski definition) is 0. The Balaban J connectivity index is 1.63. The van der Waals surface area contributed by atoms with Crippen molar-refractivity contribution in [1.29, 1.82) is 0 Å². The predicted octanol–water partition coefficient (Wildman–Crippen LogP) is 5.90. The van der Waals surface area contributed by atoms with E-state index in [2.05, 4.69) is 0 Å². The van der Waals surface area contributed by atoms with Gasteiger partial charge in [0.25, 0.3) is 0 Å². The second kappa shape index (κ2) is 8.75.